The second-order valence-corrected chi connectivity index (χ2v) is 12.9. The van der Waals surface area contributed by atoms with E-state index in [0.29, 0.717) is 0 Å². The van der Waals surface area contributed by atoms with Crippen LogP contribution in [0.15, 0.2) is 164 Å². The highest BCUT2D eigenvalue weighted by molar-refractivity contribution is 6.30. The molecule has 3 aromatic heterocycles. The lowest BCUT2D eigenvalue weighted by molar-refractivity contribution is 1.10. The molecule has 7 aromatic carbocycles. The first-order chi connectivity index (χ1) is 24.3. The molecule has 0 saturated carbocycles. The molecule has 0 saturated heterocycles. The molecule has 49 heavy (non-hydrogen) atoms. The molecule has 0 unspecified atom stereocenters. The Morgan fingerprint density at radius 3 is 1.88 bits per heavy atom. The Hall–Kier alpha value is -6.58. The maximum Gasteiger partial charge on any atom is 0.145 e. The Morgan fingerprint density at radius 2 is 1.04 bits per heavy atom. The van der Waals surface area contributed by atoms with Crippen LogP contribution >= 0.6 is 0 Å². The molecule has 10 aromatic rings. The zero-order chi connectivity index (χ0) is 32.1. The monoisotopic (exact) mass is 621 g/mol. The summed E-state index contributed by atoms with van der Waals surface area (Å²) in [5, 5.41) is 9.60. The van der Waals surface area contributed by atoms with Crippen molar-refractivity contribution in [2.24, 2.45) is 0 Å². The van der Waals surface area contributed by atoms with Crippen LogP contribution in [0.2, 0.25) is 0 Å². The molecule has 3 heterocycles. The van der Waals surface area contributed by atoms with E-state index in [9.17, 15) is 0 Å². The molecule has 0 aliphatic heterocycles. The summed E-state index contributed by atoms with van der Waals surface area (Å²) in [5.74, 6) is 0.922. The van der Waals surface area contributed by atoms with E-state index in [1.165, 1.54) is 43.8 Å². The third-order valence-electron chi connectivity index (χ3n) is 10.4. The van der Waals surface area contributed by atoms with E-state index in [4.69, 9.17) is 9.97 Å². The summed E-state index contributed by atoms with van der Waals surface area (Å²) in [6.07, 6.45) is 2.04. The molecule has 0 bridgehead atoms. The summed E-state index contributed by atoms with van der Waals surface area (Å²) in [7, 11) is 0. The van der Waals surface area contributed by atoms with Gasteiger partial charge in [-0.15, -0.1) is 0 Å². The van der Waals surface area contributed by atoms with Gasteiger partial charge in [0, 0.05) is 38.9 Å². The molecule has 0 spiro atoms. The van der Waals surface area contributed by atoms with Gasteiger partial charge in [0.1, 0.15) is 5.82 Å². The van der Waals surface area contributed by atoms with Crippen LogP contribution in [0.4, 0.5) is 0 Å². The zero-order valence-electron chi connectivity index (χ0n) is 26.4. The van der Waals surface area contributed by atoms with Gasteiger partial charge < -0.3 is 0 Å². The number of rotatable bonds is 3. The molecule has 0 N–H and O–H groups in total. The number of aromatic nitrogens is 3. The van der Waals surface area contributed by atoms with Gasteiger partial charge in [-0.3, -0.25) is 4.57 Å². The number of hydrogen-bond donors (Lipinski definition) is 0. The largest absolute Gasteiger partial charge is 0.293 e. The van der Waals surface area contributed by atoms with Crippen molar-refractivity contribution in [1.29, 1.82) is 0 Å². The Balaban J connectivity index is 1.24. The van der Waals surface area contributed by atoms with Crippen molar-refractivity contribution >= 4 is 54.1 Å². The summed E-state index contributed by atoms with van der Waals surface area (Å²) >= 11 is 0. The lowest BCUT2D eigenvalue weighted by Gasteiger charge is -2.16. The first-order valence-corrected chi connectivity index (χ1v) is 16.8. The van der Waals surface area contributed by atoms with E-state index in [0.717, 1.165) is 60.9 Å². The van der Waals surface area contributed by atoms with Gasteiger partial charge in [0.25, 0.3) is 0 Å². The van der Waals surface area contributed by atoms with Crippen LogP contribution in [0.3, 0.4) is 0 Å². The van der Waals surface area contributed by atoms with Crippen LogP contribution in [-0.2, 0) is 0 Å². The highest BCUT2D eigenvalue weighted by Gasteiger charge is 2.26. The average Bonchev–Trinajstić information content (AvgIpc) is 3.45. The van der Waals surface area contributed by atoms with Gasteiger partial charge in [0.2, 0.25) is 0 Å². The van der Waals surface area contributed by atoms with Crippen LogP contribution in [0, 0.1) is 0 Å². The minimum absolute atomic E-state index is 0.922. The van der Waals surface area contributed by atoms with Gasteiger partial charge in [0.05, 0.1) is 22.4 Å². The molecule has 1 aliphatic carbocycles. The molecule has 11 rings (SSSR count). The number of benzene rings is 7. The lowest BCUT2D eigenvalue weighted by Crippen LogP contribution is -2.01. The summed E-state index contributed by atoms with van der Waals surface area (Å²) in [4.78, 5) is 10.7. The fraction of sp³-hybridized carbons (Fsp3) is 0. The van der Waals surface area contributed by atoms with E-state index in [2.05, 4.69) is 156 Å². The molecule has 3 heteroatoms. The topological polar surface area (TPSA) is 30.7 Å². The van der Waals surface area contributed by atoms with E-state index in [1.807, 2.05) is 12.3 Å². The molecule has 0 radical (unpaired) electrons. The SMILES string of the molecule is c1ccc(-c2cc3ccccc3c(-c3cnc(-n4c5cccc6c5c5c7c(cccc7ccc54)-c4ccccc4-6)c4ccccc34)n2)cc1. The highest BCUT2D eigenvalue weighted by Crippen LogP contribution is 2.50. The van der Waals surface area contributed by atoms with Gasteiger partial charge in [0.15, 0.2) is 0 Å². The quantitative estimate of drug-likeness (QED) is 0.196. The van der Waals surface area contributed by atoms with E-state index in [1.54, 1.807) is 0 Å². The van der Waals surface area contributed by atoms with E-state index >= 15 is 0 Å². The Bertz CT molecular complexity index is 2990. The standard InChI is InChI=1S/C46H27N3/c1-2-12-28(13-3-1)39-26-30-14-4-5-16-31(30)45(48-39)38-27-47-46(37-20-9-8-19-34(37)38)49-40-23-11-22-36-33-18-7-6-17-32(33)35-21-10-15-29-24-25-41(49)44(42(29)35)43(36)40/h1-27H. The van der Waals surface area contributed by atoms with Crippen molar-refractivity contribution in [2.75, 3.05) is 0 Å². The molecule has 3 nitrogen and oxygen atoms in total. The van der Waals surface area contributed by atoms with Gasteiger partial charge >= 0.3 is 0 Å². The lowest BCUT2D eigenvalue weighted by atomic mass is 9.93. The van der Waals surface area contributed by atoms with Crippen LogP contribution < -0.4 is 0 Å². The molecule has 1 aliphatic rings. The third kappa shape index (κ3) is 3.67. The van der Waals surface area contributed by atoms with Gasteiger partial charge in [-0.05, 0) is 62.0 Å². The number of hydrogen-bond acceptors (Lipinski definition) is 2. The van der Waals surface area contributed by atoms with Crippen molar-refractivity contribution in [3.8, 4) is 50.6 Å². The van der Waals surface area contributed by atoms with Crippen molar-refractivity contribution in [3.05, 3.63) is 164 Å². The molecule has 0 amide bonds. The summed E-state index contributed by atoms with van der Waals surface area (Å²) in [6.45, 7) is 0. The molecule has 226 valence electrons. The zero-order valence-corrected chi connectivity index (χ0v) is 26.4. The van der Waals surface area contributed by atoms with Crippen molar-refractivity contribution in [3.63, 3.8) is 0 Å². The normalized spacial score (nSPS) is 12.1. The fourth-order valence-corrected chi connectivity index (χ4v) is 8.26. The number of fused-ring (bicyclic) bond motifs is 5. The molecular weight excluding hydrogens is 595 g/mol. The van der Waals surface area contributed by atoms with Gasteiger partial charge in [-0.1, -0.05) is 140 Å². The smallest absolute Gasteiger partial charge is 0.145 e. The van der Waals surface area contributed by atoms with Crippen LogP contribution in [0.25, 0.3) is 105 Å². The number of pyridine rings is 2. The predicted molar refractivity (Wildman–Crippen MR) is 204 cm³/mol. The second-order valence-electron chi connectivity index (χ2n) is 12.9. The maximum atomic E-state index is 5.35. The minimum Gasteiger partial charge on any atom is -0.293 e. The molecule has 0 atom stereocenters. The third-order valence-corrected chi connectivity index (χ3v) is 10.4. The fourth-order valence-electron chi connectivity index (χ4n) is 8.26. The maximum absolute atomic E-state index is 5.35. The average molecular weight is 622 g/mol. The van der Waals surface area contributed by atoms with Gasteiger partial charge in [-0.2, -0.15) is 0 Å². The van der Waals surface area contributed by atoms with E-state index < -0.39 is 0 Å². The molecular formula is C46H27N3. The van der Waals surface area contributed by atoms with Crippen molar-refractivity contribution in [1.82, 2.24) is 14.5 Å². The second kappa shape index (κ2) is 9.96. The first-order valence-electron chi connectivity index (χ1n) is 16.8. The van der Waals surface area contributed by atoms with Crippen LogP contribution in [0.1, 0.15) is 0 Å². The van der Waals surface area contributed by atoms with Crippen molar-refractivity contribution < 1.29 is 0 Å². The van der Waals surface area contributed by atoms with Crippen LogP contribution in [-0.4, -0.2) is 14.5 Å². The Labute approximate surface area is 282 Å². The number of nitrogens with zero attached hydrogens (tertiary/aromatic N) is 3. The minimum atomic E-state index is 0.922. The Kier molecular flexibility index (Phi) is 5.38. The Morgan fingerprint density at radius 1 is 0.408 bits per heavy atom. The van der Waals surface area contributed by atoms with E-state index in [-0.39, 0.29) is 0 Å². The summed E-state index contributed by atoms with van der Waals surface area (Å²) in [6, 6.07) is 56.6. The van der Waals surface area contributed by atoms with Crippen molar-refractivity contribution in [2.45, 2.75) is 0 Å². The predicted octanol–water partition coefficient (Wildman–Crippen LogP) is 12.0. The summed E-state index contributed by atoms with van der Waals surface area (Å²) in [5.41, 5.74) is 11.4. The molecule has 0 fully saturated rings. The highest BCUT2D eigenvalue weighted by atomic mass is 15.1. The van der Waals surface area contributed by atoms with Gasteiger partial charge in [-0.25, -0.2) is 9.97 Å². The van der Waals surface area contributed by atoms with Crippen LogP contribution in [0.5, 0.6) is 0 Å². The first kappa shape index (κ1) is 26.5. The summed E-state index contributed by atoms with van der Waals surface area (Å²) < 4.78 is 2.39.